The van der Waals surface area contributed by atoms with Crippen molar-refractivity contribution in [2.75, 3.05) is 5.75 Å². The van der Waals surface area contributed by atoms with Crippen LogP contribution in [-0.4, -0.2) is 15.5 Å². The smallest absolute Gasteiger partial charge is 0.0701 e. The van der Waals surface area contributed by atoms with E-state index in [1.165, 1.54) is 4.90 Å². The van der Waals surface area contributed by atoms with Crippen molar-refractivity contribution in [3.63, 3.8) is 0 Å². The van der Waals surface area contributed by atoms with Crippen LogP contribution in [0.2, 0.25) is 0 Å². The Labute approximate surface area is 120 Å². The van der Waals surface area contributed by atoms with Crippen molar-refractivity contribution >= 4 is 27.7 Å². The maximum atomic E-state index is 6.25. The van der Waals surface area contributed by atoms with Gasteiger partial charge < -0.3 is 5.73 Å². The lowest BCUT2D eigenvalue weighted by atomic mass is 10.2. The van der Waals surface area contributed by atoms with E-state index in [0.29, 0.717) is 0 Å². The van der Waals surface area contributed by atoms with Crippen LogP contribution in [0.3, 0.4) is 0 Å². The number of nitrogens with two attached hydrogens (primary N) is 1. The van der Waals surface area contributed by atoms with Gasteiger partial charge in [0.25, 0.3) is 0 Å². The Kier molecular flexibility index (Phi) is 4.86. The first kappa shape index (κ1) is 13.6. The highest BCUT2D eigenvalue weighted by Gasteiger charge is 2.15. The third-order valence-electron chi connectivity index (χ3n) is 2.66. The number of hydrogen-bond donors (Lipinski definition) is 1. The molecule has 0 fully saturated rings. The molecule has 0 saturated heterocycles. The molecule has 18 heavy (non-hydrogen) atoms. The Hall–Kier alpha value is -0.780. The van der Waals surface area contributed by atoms with Crippen molar-refractivity contribution in [1.82, 2.24) is 9.78 Å². The summed E-state index contributed by atoms with van der Waals surface area (Å²) in [7, 11) is 0. The number of aromatic nitrogens is 2. The summed E-state index contributed by atoms with van der Waals surface area (Å²) in [5, 5.41) is 4.29. The van der Waals surface area contributed by atoms with E-state index >= 15 is 0 Å². The van der Waals surface area contributed by atoms with E-state index in [4.69, 9.17) is 5.73 Å². The Bertz CT molecular complexity index is 498. The van der Waals surface area contributed by atoms with Gasteiger partial charge in [0.15, 0.2) is 0 Å². The van der Waals surface area contributed by atoms with Gasteiger partial charge in [0.2, 0.25) is 0 Å². The first-order valence-corrected chi connectivity index (χ1v) is 7.65. The van der Waals surface area contributed by atoms with Gasteiger partial charge in [-0.05, 0) is 35.0 Å². The first-order chi connectivity index (χ1) is 8.72. The fourth-order valence-corrected chi connectivity index (χ4v) is 3.24. The lowest BCUT2D eigenvalue weighted by molar-refractivity contribution is 0.591. The van der Waals surface area contributed by atoms with Crippen molar-refractivity contribution in [1.29, 1.82) is 0 Å². The molecule has 0 radical (unpaired) electrons. The van der Waals surface area contributed by atoms with Crippen LogP contribution in [0, 0.1) is 0 Å². The van der Waals surface area contributed by atoms with Gasteiger partial charge in [-0.15, -0.1) is 11.8 Å². The molecule has 1 aromatic carbocycles. The van der Waals surface area contributed by atoms with Gasteiger partial charge in [0, 0.05) is 17.2 Å². The number of benzene rings is 1. The molecule has 0 spiro atoms. The van der Waals surface area contributed by atoms with Crippen LogP contribution in [0.4, 0.5) is 0 Å². The normalized spacial score (nSPS) is 12.6. The molecule has 1 atom stereocenters. The van der Waals surface area contributed by atoms with Crippen LogP contribution in [0.25, 0.3) is 0 Å². The molecule has 0 saturated carbocycles. The number of nitrogens with zero attached hydrogens (tertiary/aromatic N) is 2. The second-order valence-electron chi connectivity index (χ2n) is 3.92. The minimum absolute atomic E-state index is 0.0213. The second-order valence-corrected chi connectivity index (χ2v) is 5.87. The van der Waals surface area contributed by atoms with Gasteiger partial charge in [-0.1, -0.05) is 18.2 Å². The lowest BCUT2D eigenvalue weighted by Crippen LogP contribution is -2.18. The number of rotatable bonds is 5. The van der Waals surface area contributed by atoms with Gasteiger partial charge in [-0.2, -0.15) is 5.10 Å². The van der Waals surface area contributed by atoms with E-state index in [-0.39, 0.29) is 6.04 Å². The summed E-state index contributed by atoms with van der Waals surface area (Å²) < 4.78 is 2.94. The third kappa shape index (κ3) is 3.16. The van der Waals surface area contributed by atoms with E-state index in [9.17, 15) is 0 Å². The van der Waals surface area contributed by atoms with Gasteiger partial charge in [0.05, 0.1) is 22.4 Å². The van der Waals surface area contributed by atoms with Crippen molar-refractivity contribution < 1.29 is 0 Å². The summed E-state index contributed by atoms with van der Waals surface area (Å²) in [4.78, 5) is 1.24. The van der Waals surface area contributed by atoms with Crippen LogP contribution < -0.4 is 5.73 Å². The van der Waals surface area contributed by atoms with Gasteiger partial charge in [-0.3, -0.25) is 4.68 Å². The highest BCUT2D eigenvalue weighted by molar-refractivity contribution is 9.10. The average molecular weight is 326 g/mol. The van der Waals surface area contributed by atoms with Crippen LogP contribution in [0.5, 0.6) is 0 Å². The standard InChI is InChI=1S/C13H16BrN3S/c1-2-17-13(11(14)8-16-17)12(15)9-18-10-6-4-3-5-7-10/h3-8,12H,2,9,15H2,1H3. The highest BCUT2D eigenvalue weighted by atomic mass is 79.9. The predicted octanol–water partition coefficient (Wildman–Crippen LogP) is 3.46. The molecule has 2 N–H and O–H groups in total. The van der Waals surface area contributed by atoms with Crippen LogP contribution in [0.1, 0.15) is 18.7 Å². The summed E-state index contributed by atoms with van der Waals surface area (Å²) in [6, 6.07) is 10.3. The van der Waals surface area contributed by atoms with Crippen molar-refractivity contribution in [2.45, 2.75) is 24.4 Å². The van der Waals surface area contributed by atoms with Crippen LogP contribution in [0.15, 0.2) is 45.9 Å². The van der Waals surface area contributed by atoms with Crippen molar-refractivity contribution in [3.05, 3.63) is 46.7 Å². The molecule has 5 heteroatoms. The molecule has 0 aliphatic carbocycles. The zero-order valence-corrected chi connectivity index (χ0v) is 12.6. The Morgan fingerprint density at radius 1 is 1.39 bits per heavy atom. The molecule has 0 aliphatic rings. The molecule has 2 aromatic rings. The van der Waals surface area contributed by atoms with Crippen LogP contribution in [-0.2, 0) is 6.54 Å². The zero-order chi connectivity index (χ0) is 13.0. The second kappa shape index (κ2) is 6.41. The topological polar surface area (TPSA) is 43.8 Å². The average Bonchev–Trinajstić information content (AvgIpc) is 2.78. The quantitative estimate of drug-likeness (QED) is 0.856. The number of aryl methyl sites for hydroxylation is 1. The maximum Gasteiger partial charge on any atom is 0.0701 e. The lowest BCUT2D eigenvalue weighted by Gasteiger charge is -2.14. The molecule has 0 amide bonds. The Balaban J connectivity index is 2.03. The fraction of sp³-hybridized carbons (Fsp3) is 0.308. The van der Waals surface area contributed by atoms with Gasteiger partial charge >= 0.3 is 0 Å². The van der Waals surface area contributed by atoms with E-state index in [0.717, 1.165) is 22.5 Å². The number of thioether (sulfide) groups is 1. The Morgan fingerprint density at radius 2 is 2.11 bits per heavy atom. The molecular formula is C13H16BrN3S. The summed E-state index contributed by atoms with van der Waals surface area (Å²) in [6.45, 7) is 2.91. The minimum atomic E-state index is -0.0213. The number of halogens is 1. The summed E-state index contributed by atoms with van der Waals surface area (Å²) >= 11 is 5.28. The fourth-order valence-electron chi connectivity index (χ4n) is 1.77. The molecule has 1 aromatic heterocycles. The van der Waals surface area contributed by atoms with Gasteiger partial charge in [0.1, 0.15) is 0 Å². The maximum absolute atomic E-state index is 6.25. The molecular weight excluding hydrogens is 310 g/mol. The highest BCUT2D eigenvalue weighted by Crippen LogP contribution is 2.27. The summed E-state index contributed by atoms with van der Waals surface area (Å²) in [5.41, 5.74) is 7.32. The third-order valence-corrected chi connectivity index (χ3v) is 4.40. The molecule has 96 valence electrons. The minimum Gasteiger partial charge on any atom is -0.322 e. The van der Waals surface area contributed by atoms with E-state index in [1.54, 1.807) is 11.8 Å². The molecule has 0 aliphatic heterocycles. The van der Waals surface area contributed by atoms with E-state index in [1.807, 2.05) is 29.1 Å². The molecule has 3 nitrogen and oxygen atoms in total. The van der Waals surface area contributed by atoms with Crippen molar-refractivity contribution in [3.8, 4) is 0 Å². The van der Waals surface area contributed by atoms with Crippen molar-refractivity contribution in [2.24, 2.45) is 5.73 Å². The first-order valence-electron chi connectivity index (χ1n) is 5.87. The zero-order valence-electron chi connectivity index (χ0n) is 10.2. The summed E-state index contributed by atoms with van der Waals surface area (Å²) in [5.74, 6) is 0.842. The molecule has 1 unspecified atom stereocenters. The predicted molar refractivity (Wildman–Crippen MR) is 79.7 cm³/mol. The molecule has 2 rings (SSSR count). The summed E-state index contributed by atoms with van der Waals surface area (Å²) in [6.07, 6.45) is 1.81. The van der Waals surface area contributed by atoms with Crippen LogP contribution >= 0.6 is 27.7 Å². The SMILES string of the molecule is CCn1ncc(Br)c1C(N)CSc1ccccc1. The molecule has 1 heterocycles. The monoisotopic (exact) mass is 325 g/mol. The van der Waals surface area contributed by atoms with E-state index < -0.39 is 0 Å². The van der Waals surface area contributed by atoms with E-state index in [2.05, 4.69) is 40.1 Å². The largest absolute Gasteiger partial charge is 0.322 e. The number of hydrogen-bond acceptors (Lipinski definition) is 3. The van der Waals surface area contributed by atoms with Gasteiger partial charge in [-0.25, -0.2) is 0 Å². The Morgan fingerprint density at radius 3 is 2.78 bits per heavy atom. The molecule has 0 bridgehead atoms.